The van der Waals surface area contributed by atoms with E-state index in [1.165, 1.54) is 135 Å². The van der Waals surface area contributed by atoms with E-state index in [1.807, 2.05) is 0 Å². The molecule has 0 rings (SSSR count). The van der Waals surface area contributed by atoms with E-state index in [9.17, 15) is 20.1 Å². The fourth-order valence-corrected chi connectivity index (χ4v) is 5.87. The van der Waals surface area contributed by atoms with Gasteiger partial charge in [-0.3, -0.25) is 4.79 Å². The molecule has 0 aliphatic carbocycles. The maximum absolute atomic E-state index is 12.3. The van der Waals surface area contributed by atoms with Crippen LogP contribution in [0.2, 0.25) is 0 Å². The molecule has 0 heterocycles. The zero-order valence-electron chi connectivity index (χ0n) is 28.8. The number of carbonyl (C=O) groups is 1. The molecule has 5 nitrogen and oxygen atoms in total. The summed E-state index contributed by atoms with van der Waals surface area (Å²) in [6.45, 7) is 4.14. The summed E-state index contributed by atoms with van der Waals surface area (Å²) in [6, 6.07) is -0.818. The summed E-state index contributed by atoms with van der Waals surface area (Å²) in [5.41, 5.74) is 0. The third-order valence-electron chi connectivity index (χ3n) is 8.87. The highest BCUT2D eigenvalue weighted by Gasteiger charge is 2.26. The third kappa shape index (κ3) is 29.6. The lowest BCUT2D eigenvalue weighted by atomic mass is 10.0. The van der Waals surface area contributed by atoms with Gasteiger partial charge in [-0.05, 0) is 38.5 Å². The zero-order chi connectivity index (χ0) is 31.6. The van der Waals surface area contributed by atoms with Gasteiger partial charge in [-0.2, -0.15) is 0 Å². The van der Waals surface area contributed by atoms with E-state index >= 15 is 0 Å². The average Bonchev–Trinajstić information content (AvgIpc) is 3.01. The quantitative estimate of drug-likeness (QED) is 0.0432. The van der Waals surface area contributed by atoms with Gasteiger partial charge < -0.3 is 20.6 Å². The summed E-state index contributed by atoms with van der Waals surface area (Å²) in [4.78, 5) is 12.3. The number of allylic oxidation sites excluding steroid dienone is 2. The predicted octanol–water partition coefficient (Wildman–Crippen LogP) is 10.1. The van der Waals surface area contributed by atoms with Crippen LogP contribution >= 0.6 is 0 Å². The van der Waals surface area contributed by atoms with E-state index in [1.54, 1.807) is 0 Å². The summed E-state index contributed by atoms with van der Waals surface area (Å²) < 4.78 is 0. The minimum Gasteiger partial charge on any atom is -0.394 e. The Morgan fingerprint density at radius 3 is 1.35 bits per heavy atom. The van der Waals surface area contributed by atoms with Crippen LogP contribution in [0.1, 0.15) is 200 Å². The van der Waals surface area contributed by atoms with Crippen molar-refractivity contribution in [1.82, 2.24) is 5.32 Å². The summed E-state index contributed by atoms with van der Waals surface area (Å²) in [6.07, 6.45) is 37.5. The van der Waals surface area contributed by atoms with Crippen LogP contribution in [0.5, 0.6) is 0 Å². The first kappa shape index (κ1) is 42.1. The lowest BCUT2D eigenvalue weighted by molar-refractivity contribution is -0.124. The fourth-order valence-electron chi connectivity index (χ4n) is 5.87. The second-order valence-corrected chi connectivity index (χ2v) is 13.1. The van der Waals surface area contributed by atoms with Gasteiger partial charge in [0.2, 0.25) is 5.91 Å². The molecule has 0 aromatic rings. The number of carbonyl (C=O) groups excluding carboxylic acids is 1. The molecule has 4 N–H and O–H groups in total. The van der Waals surface area contributed by atoms with Crippen LogP contribution in [0.4, 0.5) is 0 Å². The first-order valence-corrected chi connectivity index (χ1v) is 19.0. The van der Waals surface area contributed by atoms with Crippen LogP contribution in [0.25, 0.3) is 0 Å². The van der Waals surface area contributed by atoms with Gasteiger partial charge in [-0.15, -0.1) is 0 Å². The first-order valence-electron chi connectivity index (χ1n) is 19.0. The van der Waals surface area contributed by atoms with Crippen LogP contribution in [-0.4, -0.2) is 46.1 Å². The molecule has 0 bridgehead atoms. The second kappa shape index (κ2) is 34.0. The highest BCUT2D eigenvalue weighted by Crippen LogP contribution is 2.15. The molecule has 1 amide bonds. The molecule has 5 heteroatoms. The molecule has 3 unspecified atom stereocenters. The van der Waals surface area contributed by atoms with E-state index in [0.717, 1.165) is 38.5 Å². The fraction of sp³-hybridized carbons (Fsp3) is 0.921. The van der Waals surface area contributed by atoms with Crippen molar-refractivity contribution in [3.05, 3.63) is 12.2 Å². The normalized spacial score (nSPS) is 13.9. The topological polar surface area (TPSA) is 89.8 Å². The van der Waals surface area contributed by atoms with Crippen molar-refractivity contribution in [3.8, 4) is 0 Å². The monoisotopic (exact) mass is 610 g/mol. The van der Waals surface area contributed by atoms with Crippen LogP contribution in [0.3, 0.4) is 0 Å². The van der Waals surface area contributed by atoms with Crippen molar-refractivity contribution >= 4 is 5.91 Å². The summed E-state index contributed by atoms with van der Waals surface area (Å²) in [5.74, 6) is -0.157. The predicted molar refractivity (Wildman–Crippen MR) is 185 cm³/mol. The first-order chi connectivity index (χ1) is 21.1. The number of amides is 1. The van der Waals surface area contributed by atoms with Gasteiger partial charge in [0.1, 0.15) is 6.10 Å². The van der Waals surface area contributed by atoms with Crippen molar-refractivity contribution in [3.63, 3.8) is 0 Å². The molecule has 43 heavy (non-hydrogen) atoms. The lowest BCUT2D eigenvalue weighted by Gasteiger charge is -2.26. The van der Waals surface area contributed by atoms with E-state index in [4.69, 9.17) is 0 Å². The van der Waals surface area contributed by atoms with Crippen molar-refractivity contribution in [1.29, 1.82) is 0 Å². The lowest BCUT2D eigenvalue weighted by Crippen LogP contribution is -2.50. The molecule has 0 radical (unpaired) electrons. The van der Waals surface area contributed by atoms with Crippen LogP contribution in [-0.2, 0) is 4.79 Å². The Bertz CT molecular complexity index is 596. The number of aliphatic hydroxyl groups excluding tert-OH is 3. The van der Waals surface area contributed by atoms with Gasteiger partial charge in [0.15, 0.2) is 0 Å². The second-order valence-electron chi connectivity index (χ2n) is 13.1. The molecule has 0 aromatic carbocycles. The van der Waals surface area contributed by atoms with E-state index < -0.39 is 18.2 Å². The summed E-state index contributed by atoms with van der Waals surface area (Å²) in [5, 5.41) is 33.3. The summed E-state index contributed by atoms with van der Waals surface area (Å²) >= 11 is 0. The third-order valence-corrected chi connectivity index (χ3v) is 8.87. The Morgan fingerprint density at radius 2 is 0.930 bits per heavy atom. The Morgan fingerprint density at radius 1 is 0.558 bits per heavy atom. The van der Waals surface area contributed by atoms with E-state index in [-0.39, 0.29) is 12.5 Å². The number of aliphatic hydroxyl groups is 3. The maximum Gasteiger partial charge on any atom is 0.220 e. The van der Waals surface area contributed by atoms with E-state index in [0.29, 0.717) is 12.8 Å². The molecule has 0 aromatic heterocycles. The van der Waals surface area contributed by atoms with Crippen molar-refractivity contribution in [2.45, 2.75) is 218 Å². The highest BCUT2D eigenvalue weighted by molar-refractivity contribution is 5.76. The molecule has 0 saturated carbocycles. The van der Waals surface area contributed by atoms with Crippen LogP contribution in [0, 0.1) is 0 Å². The summed E-state index contributed by atoms with van der Waals surface area (Å²) in [7, 11) is 0. The number of unbranched alkanes of at least 4 members (excludes halogenated alkanes) is 24. The van der Waals surface area contributed by atoms with Gasteiger partial charge >= 0.3 is 0 Å². The molecule has 0 saturated heterocycles. The standard InChI is InChI=1S/C38H75NO4/c1-3-5-7-9-11-13-14-15-16-17-18-19-20-21-22-23-25-26-28-30-32-36(41)38(43)35(34-40)39-37(42)33-31-29-27-24-12-10-8-6-4-2/h25-26,35-36,38,40-41,43H,3-24,27-34H2,1-2H3,(H,39,42)/b26-25+. The Balaban J connectivity index is 3.66. The Labute approximate surface area is 268 Å². The molecule has 3 atom stereocenters. The molecule has 256 valence electrons. The average molecular weight is 610 g/mol. The van der Waals surface area contributed by atoms with Crippen molar-refractivity contribution < 1.29 is 20.1 Å². The minimum atomic E-state index is -1.15. The van der Waals surface area contributed by atoms with Gasteiger partial charge in [-0.1, -0.05) is 167 Å². The van der Waals surface area contributed by atoms with Gasteiger partial charge in [-0.25, -0.2) is 0 Å². The van der Waals surface area contributed by atoms with Gasteiger partial charge in [0.25, 0.3) is 0 Å². The van der Waals surface area contributed by atoms with Crippen molar-refractivity contribution in [2.75, 3.05) is 6.61 Å². The number of nitrogens with one attached hydrogen (secondary N) is 1. The number of hydrogen-bond donors (Lipinski definition) is 4. The maximum atomic E-state index is 12.3. The zero-order valence-corrected chi connectivity index (χ0v) is 28.8. The molecule has 0 fully saturated rings. The van der Waals surface area contributed by atoms with Crippen LogP contribution in [0.15, 0.2) is 12.2 Å². The van der Waals surface area contributed by atoms with E-state index in [2.05, 4.69) is 31.3 Å². The number of hydrogen-bond acceptors (Lipinski definition) is 4. The van der Waals surface area contributed by atoms with Gasteiger partial charge in [0.05, 0.1) is 18.8 Å². The largest absolute Gasteiger partial charge is 0.394 e. The SMILES string of the molecule is CCCCCCCCCCCCCCCCC/C=C/CCCC(O)C(O)C(CO)NC(=O)CCCCCCCCCCC. The van der Waals surface area contributed by atoms with Crippen LogP contribution < -0.4 is 5.32 Å². The molecule has 0 spiro atoms. The Hall–Kier alpha value is -0.910. The molecule has 0 aliphatic heterocycles. The smallest absolute Gasteiger partial charge is 0.220 e. The van der Waals surface area contributed by atoms with Crippen molar-refractivity contribution in [2.24, 2.45) is 0 Å². The molecular formula is C38H75NO4. The number of rotatable bonds is 34. The minimum absolute atomic E-state index is 0.157. The Kier molecular flexibility index (Phi) is 33.3. The van der Waals surface area contributed by atoms with Gasteiger partial charge in [0, 0.05) is 6.42 Å². The molecular weight excluding hydrogens is 534 g/mol. The highest BCUT2D eigenvalue weighted by atomic mass is 16.3. The molecule has 0 aliphatic rings.